The first kappa shape index (κ1) is 18.2. The summed E-state index contributed by atoms with van der Waals surface area (Å²) >= 11 is 0. The zero-order chi connectivity index (χ0) is 17.4. The van der Waals surface area contributed by atoms with Crippen LogP contribution in [0.25, 0.3) is 0 Å². The average Bonchev–Trinajstić information content (AvgIpc) is 3.11. The topological polar surface area (TPSA) is 62.7 Å². The Labute approximate surface area is 144 Å². The molecule has 0 atom stereocenters. The van der Waals surface area contributed by atoms with E-state index in [1.165, 1.54) is 6.26 Å². The van der Waals surface area contributed by atoms with Crippen molar-refractivity contribution in [1.29, 1.82) is 0 Å². The molecule has 0 saturated heterocycles. The first-order valence-electron chi connectivity index (χ1n) is 8.50. The molecule has 2 aromatic rings. The van der Waals surface area contributed by atoms with Crippen LogP contribution in [0.15, 0.2) is 47.1 Å². The van der Waals surface area contributed by atoms with E-state index in [2.05, 4.69) is 18.7 Å². The van der Waals surface area contributed by atoms with E-state index in [-0.39, 0.29) is 5.91 Å². The summed E-state index contributed by atoms with van der Waals surface area (Å²) in [5, 5.41) is 0. The summed E-state index contributed by atoms with van der Waals surface area (Å²) in [5.41, 5.74) is 7.25. The van der Waals surface area contributed by atoms with Crippen molar-refractivity contribution in [2.45, 2.75) is 26.9 Å². The van der Waals surface area contributed by atoms with Gasteiger partial charge in [0.15, 0.2) is 0 Å². The van der Waals surface area contributed by atoms with Gasteiger partial charge < -0.3 is 20.0 Å². The largest absolute Gasteiger partial charge is 0.467 e. The summed E-state index contributed by atoms with van der Waals surface area (Å²) in [7, 11) is 0. The van der Waals surface area contributed by atoms with E-state index in [1.54, 1.807) is 6.07 Å². The van der Waals surface area contributed by atoms with Gasteiger partial charge in [-0.3, -0.25) is 4.79 Å². The molecule has 0 bridgehead atoms. The Balaban J connectivity index is 2.12. The van der Waals surface area contributed by atoms with Crippen LogP contribution in [-0.4, -0.2) is 41.9 Å². The van der Waals surface area contributed by atoms with Crippen molar-refractivity contribution in [1.82, 2.24) is 9.80 Å². The van der Waals surface area contributed by atoms with E-state index in [1.807, 2.05) is 35.2 Å². The number of nitrogens with two attached hydrogens (primary N) is 1. The summed E-state index contributed by atoms with van der Waals surface area (Å²) in [4.78, 5) is 17.1. The van der Waals surface area contributed by atoms with Gasteiger partial charge in [0.1, 0.15) is 12.0 Å². The molecule has 5 heteroatoms. The Kier molecular flexibility index (Phi) is 7.03. The normalized spacial score (nSPS) is 11.0. The Morgan fingerprint density at radius 2 is 1.83 bits per heavy atom. The SMILES string of the molecule is CCN(CC)CCN(Cc1ccccc1)C(=O)c1coc(CN)c1. The number of benzene rings is 1. The van der Waals surface area contributed by atoms with E-state index in [9.17, 15) is 4.79 Å². The molecule has 0 saturated carbocycles. The van der Waals surface area contributed by atoms with Crippen molar-refractivity contribution in [2.24, 2.45) is 5.73 Å². The highest BCUT2D eigenvalue weighted by molar-refractivity contribution is 5.94. The molecular weight excluding hydrogens is 302 g/mol. The molecule has 0 aliphatic rings. The third-order valence-corrected chi connectivity index (χ3v) is 4.19. The van der Waals surface area contributed by atoms with Crippen LogP contribution >= 0.6 is 0 Å². The number of furan rings is 1. The molecule has 5 nitrogen and oxygen atoms in total. The van der Waals surface area contributed by atoms with Crippen LogP contribution in [0.4, 0.5) is 0 Å². The van der Waals surface area contributed by atoms with Crippen LogP contribution in [0.5, 0.6) is 0 Å². The number of carbonyl (C=O) groups excluding carboxylic acids is 1. The molecule has 1 aromatic carbocycles. The standard InChI is InChI=1S/C19H27N3O2/c1-3-21(4-2)10-11-22(14-16-8-6-5-7-9-16)19(23)17-12-18(13-20)24-15-17/h5-9,12,15H,3-4,10-11,13-14,20H2,1-2H3. The third kappa shape index (κ3) is 4.94. The smallest absolute Gasteiger partial charge is 0.257 e. The molecule has 0 spiro atoms. The van der Waals surface area contributed by atoms with Gasteiger partial charge in [0.25, 0.3) is 5.91 Å². The maximum atomic E-state index is 12.9. The van der Waals surface area contributed by atoms with Crippen molar-refractivity contribution in [3.8, 4) is 0 Å². The average molecular weight is 329 g/mol. The number of rotatable bonds is 9. The van der Waals surface area contributed by atoms with Gasteiger partial charge in [-0.1, -0.05) is 44.2 Å². The van der Waals surface area contributed by atoms with Crippen LogP contribution in [0.1, 0.15) is 35.5 Å². The van der Waals surface area contributed by atoms with Gasteiger partial charge in [-0.15, -0.1) is 0 Å². The lowest BCUT2D eigenvalue weighted by Gasteiger charge is -2.26. The molecular formula is C19H27N3O2. The summed E-state index contributed by atoms with van der Waals surface area (Å²) in [6, 6.07) is 11.8. The van der Waals surface area contributed by atoms with Gasteiger partial charge in [0.2, 0.25) is 0 Å². The fraction of sp³-hybridized carbons (Fsp3) is 0.421. The van der Waals surface area contributed by atoms with E-state index < -0.39 is 0 Å². The Morgan fingerprint density at radius 3 is 2.42 bits per heavy atom. The van der Waals surface area contributed by atoms with Gasteiger partial charge in [-0.2, -0.15) is 0 Å². The summed E-state index contributed by atoms with van der Waals surface area (Å²) < 4.78 is 5.32. The summed E-state index contributed by atoms with van der Waals surface area (Å²) in [5.74, 6) is 0.608. The zero-order valence-electron chi connectivity index (χ0n) is 14.6. The molecule has 0 aliphatic heterocycles. The minimum atomic E-state index is -0.0190. The monoisotopic (exact) mass is 329 g/mol. The lowest BCUT2D eigenvalue weighted by atomic mass is 10.2. The van der Waals surface area contributed by atoms with E-state index in [4.69, 9.17) is 10.2 Å². The molecule has 1 aromatic heterocycles. The number of amides is 1. The number of nitrogens with zero attached hydrogens (tertiary/aromatic N) is 2. The Bertz CT molecular complexity index is 621. The molecule has 1 amide bonds. The summed E-state index contributed by atoms with van der Waals surface area (Å²) in [6.45, 7) is 8.65. The third-order valence-electron chi connectivity index (χ3n) is 4.19. The minimum Gasteiger partial charge on any atom is -0.467 e. The molecule has 0 fully saturated rings. The molecule has 0 aliphatic carbocycles. The molecule has 1 heterocycles. The maximum Gasteiger partial charge on any atom is 0.257 e. The molecule has 2 N–H and O–H groups in total. The van der Waals surface area contributed by atoms with Crippen molar-refractivity contribution >= 4 is 5.91 Å². The maximum absolute atomic E-state index is 12.9. The van der Waals surface area contributed by atoms with Gasteiger partial charge in [-0.05, 0) is 24.7 Å². The van der Waals surface area contributed by atoms with Crippen molar-refractivity contribution < 1.29 is 9.21 Å². The highest BCUT2D eigenvalue weighted by atomic mass is 16.3. The minimum absolute atomic E-state index is 0.0190. The van der Waals surface area contributed by atoms with Gasteiger partial charge in [-0.25, -0.2) is 0 Å². The lowest BCUT2D eigenvalue weighted by Crippen LogP contribution is -2.38. The molecule has 0 unspecified atom stereocenters. The number of hydrogen-bond acceptors (Lipinski definition) is 4. The van der Waals surface area contributed by atoms with Gasteiger partial charge in [0, 0.05) is 19.6 Å². The number of carbonyl (C=O) groups is 1. The summed E-state index contributed by atoms with van der Waals surface area (Å²) in [6.07, 6.45) is 1.50. The van der Waals surface area contributed by atoms with Crippen molar-refractivity contribution in [3.63, 3.8) is 0 Å². The zero-order valence-corrected chi connectivity index (χ0v) is 14.6. The van der Waals surface area contributed by atoms with Crippen molar-refractivity contribution in [3.05, 3.63) is 59.5 Å². The van der Waals surface area contributed by atoms with Crippen LogP contribution in [-0.2, 0) is 13.1 Å². The van der Waals surface area contributed by atoms with Crippen molar-refractivity contribution in [2.75, 3.05) is 26.2 Å². The van der Waals surface area contributed by atoms with E-state index in [0.29, 0.717) is 31.0 Å². The van der Waals surface area contributed by atoms with Gasteiger partial charge in [0.05, 0.1) is 12.1 Å². The predicted octanol–water partition coefficient (Wildman–Crippen LogP) is 2.72. The molecule has 24 heavy (non-hydrogen) atoms. The fourth-order valence-electron chi connectivity index (χ4n) is 2.64. The van der Waals surface area contributed by atoms with Crippen LogP contribution in [0.3, 0.4) is 0 Å². The van der Waals surface area contributed by atoms with Gasteiger partial charge >= 0.3 is 0 Å². The first-order valence-corrected chi connectivity index (χ1v) is 8.50. The Morgan fingerprint density at radius 1 is 1.12 bits per heavy atom. The second-order valence-electron chi connectivity index (χ2n) is 5.75. The fourth-order valence-corrected chi connectivity index (χ4v) is 2.64. The first-order chi connectivity index (χ1) is 11.7. The molecule has 2 rings (SSSR count). The lowest BCUT2D eigenvalue weighted by molar-refractivity contribution is 0.0723. The molecule has 130 valence electrons. The van der Waals surface area contributed by atoms with Crippen LogP contribution < -0.4 is 5.73 Å². The second kappa shape index (κ2) is 9.25. The number of hydrogen-bond donors (Lipinski definition) is 1. The van der Waals surface area contributed by atoms with Crippen LogP contribution in [0.2, 0.25) is 0 Å². The highest BCUT2D eigenvalue weighted by Gasteiger charge is 2.19. The highest BCUT2D eigenvalue weighted by Crippen LogP contribution is 2.13. The predicted molar refractivity (Wildman–Crippen MR) is 95.6 cm³/mol. The molecule has 0 radical (unpaired) electrons. The quantitative estimate of drug-likeness (QED) is 0.768. The number of likely N-dealkylation sites (N-methyl/N-ethyl adjacent to an activating group) is 1. The van der Waals surface area contributed by atoms with E-state index in [0.717, 1.165) is 25.2 Å². The van der Waals surface area contributed by atoms with E-state index >= 15 is 0 Å². The Hall–Kier alpha value is -2.11. The van der Waals surface area contributed by atoms with Crippen LogP contribution in [0, 0.1) is 0 Å². The second-order valence-corrected chi connectivity index (χ2v) is 5.75.